The summed E-state index contributed by atoms with van der Waals surface area (Å²) in [6.07, 6.45) is 3.34. The van der Waals surface area contributed by atoms with Gasteiger partial charge in [-0.2, -0.15) is 0 Å². The maximum atomic E-state index is 13.9. The Morgan fingerprint density at radius 3 is 2.95 bits per heavy atom. The van der Waals surface area contributed by atoms with Gasteiger partial charge in [-0.25, -0.2) is 4.39 Å². The minimum absolute atomic E-state index is 0.173. The van der Waals surface area contributed by atoms with Gasteiger partial charge in [0.2, 0.25) is 0 Å². The molecule has 0 saturated carbocycles. The van der Waals surface area contributed by atoms with Crippen molar-refractivity contribution in [3.05, 3.63) is 34.1 Å². The monoisotopic (exact) mass is 354 g/mol. The molecule has 0 aliphatic carbocycles. The molecule has 2 unspecified atom stereocenters. The number of rotatable bonds is 1. The van der Waals surface area contributed by atoms with Crippen LogP contribution < -0.4 is 0 Å². The number of hydrogen-bond donors (Lipinski definition) is 0. The SMILES string of the molecule is CN1CCCC2CN(C(=O)c3cc(Br)ccc3F)CCC21. The molecule has 0 aromatic heterocycles. The molecule has 1 amide bonds. The van der Waals surface area contributed by atoms with Crippen LogP contribution in [0.15, 0.2) is 22.7 Å². The fraction of sp³-hybridized carbons (Fsp3) is 0.562. The summed E-state index contributed by atoms with van der Waals surface area (Å²) in [5.74, 6) is -0.0942. The van der Waals surface area contributed by atoms with Crippen molar-refractivity contribution in [2.75, 3.05) is 26.7 Å². The van der Waals surface area contributed by atoms with E-state index in [1.165, 1.54) is 18.9 Å². The van der Waals surface area contributed by atoms with Gasteiger partial charge in [-0.05, 0) is 57.0 Å². The first kappa shape index (κ1) is 15.0. The van der Waals surface area contributed by atoms with Crippen LogP contribution in [0, 0.1) is 11.7 Å². The normalized spacial score (nSPS) is 26.5. The number of piperidine rings is 2. The molecule has 1 aromatic rings. The first-order valence-corrected chi connectivity index (χ1v) is 8.30. The molecule has 2 atom stereocenters. The van der Waals surface area contributed by atoms with Crippen LogP contribution in [0.3, 0.4) is 0 Å². The summed E-state index contributed by atoms with van der Waals surface area (Å²) in [7, 11) is 2.17. The molecule has 2 aliphatic rings. The van der Waals surface area contributed by atoms with E-state index in [9.17, 15) is 9.18 Å². The van der Waals surface area contributed by atoms with Crippen molar-refractivity contribution in [3.8, 4) is 0 Å². The zero-order chi connectivity index (χ0) is 15.0. The van der Waals surface area contributed by atoms with Crippen LogP contribution >= 0.6 is 15.9 Å². The first-order chi connectivity index (χ1) is 10.1. The highest BCUT2D eigenvalue weighted by atomic mass is 79.9. The molecule has 21 heavy (non-hydrogen) atoms. The fourth-order valence-corrected chi connectivity index (χ4v) is 4.03. The Balaban J connectivity index is 1.76. The molecule has 0 bridgehead atoms. The summed E-state index contributed by atoms with van der Waals surface area (Å²) >= 11 is 3.31. The summed E-state index contributed by atoms with van der Waals surface area (Å²) in [6, 6.07) is 5.12. The number of nitrogens with zero attached hydrogens (tertiary/aromatic N) is 2. The highest BCUT2D eigenvalue weighted by molar-refractivity contribution is 9.10. The zero-order valence-electron chi connectivity index (χ0n) is 12.2. The number of carbonyl (C=O) groups is 1. The highest BCUT2D eigenvalue weighted by Crippen LogP contribution is 2.30. The Bertz CT molecular complexity index is 551. The maximum Gasteiger partial charge on any atom is 0.256 e. The summed E-state index contributed by atoms with van der Waals surface area (Å²) in [5.41, 5.74) is 0.173. The molecule has 5 heteroatoms. The molecule has 2 aliphatic heterocycles. The molecular formula is C16H20BrFN2O. The maximum absolute atomic E-state index is 13.9. The largest absolute Gasteiger partial charge is 0.338 e. The van der Waals surface area contributed by atoms with E-state index in [0.717, 1.165) is 30.5 Å². The number of carbonyl (C=O) groups excluding carboxylic acids is 1. The molecule has 0 N–H and O–H groups in total. The predicted molar refractivity (Wildman–Crippen MR) is 83.8 cm³/mol. The lowest BCUT2D eigenvalue weighted by atomic mass is 9.84. The van der Waals surface area contributed by atoms with E-state index in [1.54, 1.807) is 12.1 Å². The van der Waals surface area contributed by atoms with Gasteiger partial charge in [0.05, 0.1) is 5.56 Å². The van der Waals surface area contributed by atoms with Crippen molar-refractivity contribution in [1.29, 1.82) is 0 Å². The quantitative estimate of drug-likeness (QED) is 0.773. The average molecular weight is 355 g/mol. The van der Waals surface area contributed by atoms with Gasteiger partial charge in [0.25, 0.3) is 5.91 Å². The van der Waals surface area contributed by atoms with Gasteiger partial charge in [-0.15, -0.1) is 0 Å². The number of hydrogen-bond acceptors (Lipinski definition) is 2. The first-order valence-electron chi connectivity index (χ1n) is 7.51. The van der Waals surface area contributed by atoms with E-state index in [1.807, 2.05) is 4.90 Å². The van der Waals surface area contributed by atoms with Gasteiger partial charge in [0.1, 0.15) is 5.82 Å². The smallest absolute Gasteiger partial charge is 0.256 e. The number of benzene rings is 1. The summed E-state index contributed by atoms with van der Waals surface area (Å²) in [4.78, 5) is 16.8. The third kappa shape index (κ3) is 2.99. The predicted octanol–water partition coefficient (Wildman–Crippen LogP) is 3.14. The molecular weight excluding hydrogens is 335 g/mol. The van der Waals surface area contributed by atoms with Crippen molar-refractivity contribution >= 4 is 21.8 Å². The van der Waals surface area contributed by atoms with Crippen LogP contribution in [-0.4, -0.2) is 48.4 Å². The Morgan fingerprint density at radius 1 is 1.33 bits per heavy atom. The standard InChI is InChI=1S/C16H20BrFN2O/c1-19-7-2-3-11-10-20(8-6-15(11)19)16(21)13-9-12(17)4-5-14(13)18/h4-5,9,11,15H,2-3,6-8,10H2,1H3. The van der Waals surface area contributed by atoms with Gasteiger partial charge in [0, 0.05) is 23.6 Å². The van der Waals surface area contributed by atoms with Gasteiger partial charge in [-0.1, -0.05) is 15.9 Å². The third-order valence-electron chi connectivity index (χ3n) is 4.79. The van der Waals surface area contributed by atoms with Crippen LogP contribution in [0.5, 0.6) is 0 Å². The van der Waals surface area contributed by atoms with Crippen molar-refractivity contribution < 1.29 is 9.18 Å². The van der Waals surface area contributed by atoms with E-state index in [-0.39, 0.29) is 11.5 Å². The van der Waals surface area contributed by atoms with Crippen molar-refractivity contribution in [3.63, 3.8) is 0 Å². The average Bonchev–Trinajstić information content (AvgIpc) is 2.49. The van der Waals surface area contributed by atoms with Crippen LogP contribution in [0.4, 0.5) is 4.39 Å². The molecule has 1 aromatic carbocycles. The van der Waals surface area contributed by atoms with Gasteiger partial charge < -0.3 is 9.80 Å². The summed E-state index contributed by atoms with van der Waals surface area (Å²) in [6.45, 7) is 2.62. The Kier molecular flexibility index (Phi) is 4.31. The van der Waals surface area contributed by atoms with E-state index < -0.39 is 5.82 Å². The third-order valence-corrected chi connectivity index (χ3v) is 5.28. The van der Waals surface area contributed by atoms with Crippen LogP contribution in [-0.2, 0) is 0 Å². The van der Waals surface area contributed by atoms with Crippen molar-refractivity contribution in [2.45, 2.75) is 25.3 Å². The number of amides is 1. The highest BCUT2D eigenvalue weighted by Gasteiger charge is 2.36. The number of fused-ring (bicyclic) bond motifs is 1. The summed E-state index contributed by atoms with van der Waals surface area (Å²) < 4.78 is 14.6. The van der Waals surface area contributed by atoms with Crippen LogP contribution in [0.2, 0.25) is 0 Å². The minimum Gasteiger partial charge on any atom is -0.338 e. The molecule has 0 radical (unpaired) electrons. The van der Waals surface area contributed by atoms with Crippen LogP contribution in [0.1, 0.15) is 29.6 Å². The molecule has 114 valence electrons. The lowest BCUT2D eigenvalue weighted by Gasteiger charge is -2.46. The van der Waals surface area contributed by atoms with Crippen LogP contribution in [0.25, 0.3) is 0 Å². The second kappa shape index (κ2) is 6.05. The Hall–Kier alpha value is -0.940. The van der Waals surface area contributed by atoms with E-state index >= 15 is 0 Å². The molecule has 2 saturated heterocycles. The fourth-order valence-electron chi connectivity index (χ4n) is 3.67. The van der Waals surface area contributed by atoms with E-state index in [4.69, 9.17) is 0 Å². The molecule has 2 fully saturated rings. The number of likely N-dealkylation sites (tertiary alicyclic amines) is 2. The second-order valence-corrected chi connectivity index (χ2v) is 7.03. The molecule has 3 nitrogen and oxygen atoms in total. The van der Waals surface area contributed by atoms with Gasteiger partial charge >= 0.3 is 0 Å². The topological polar surface area (TPSA) is 23.6 Å². The molecule has 2 heterocycles. The zero-order valence-corrected chi connectivity index (χ0v) is 13.8. The van der Waals surface area contributed by atoms with Gasteiger partial charge in [-0.3, -0.25) is 4.79 Å². The molecule has 3 rings (SSSR count). The second-order valence-electron chi connectivity index (χ2n) is 6.11. The van der Waals surface area contributed by atoms with Gasteiger partial charge in [0.15, 0.2) is 0 Å². The van der Waals surface area contributed by atoms with E-state index in [2.05, 4.69) is 27.9 Å². The summed E-state index contributed by atoms with van der Waals surface area (Å²) in [5, 5.41) is 0. The Morgan fingerprint density at radius 2 is 2.14 bits per heavy atom. The van der Waals surface area contributed by atoms with E-state index in [0.29, 0.717) is 12.0 Å². The van der Waals surface area contributed by atoms with Crippen molar-refractivity contribution in [1.82, 2.24) is 9.80 Å². The lowest BCUT2D eigenvalue weighted by molar-refractivity contribution is 0.0314. The lowest BCUT2D eigenvalue weighted by Crippen LogP contribution is -2.54. The molecule has 0 spiro atoms. The Labute approximate surface area is 133 Å². The number of halogens is 2. The minimum atomic E-state index is -0.439. The van der Waals surface area contributed by atoms with Crippen molar-refractivity contribution in [2.24, 2.45) is 5.92 Å².